The van der Waals surface area contributed by atoms with Crippen LogP contribution in [-0.2, 0) is 4.79 Å². The molecule has 0 saturated carbocycles. The molecule has 0 aliphatic carbocycles. The standard InChI is InChI=1S/C11H12BrN3O2S2/c1-6(9(16)15-11-13-4-5-18-11)14-10(17)7-2-3-8(12)19-7/h2-3,6H,4-5H2,1H3,(H,14,17)(H,13,15,16). The Kier molecular flexibility index (Phi) is 5.00. The molecule has 0 saturated heterocycles. The Morgan fingerprint density at radius 2 is 2.26 bits per heavy atom. The summed E-state index contributed by atoms with van der Waals surface area (Å²) in [5, 5.41) is 5.98. The molecule has 2 rings (SSSR count). The Morgan fingerprint density at radius 1 is 1.47 bits per heavy atom. The molecule has 1 aromatic heterocycles. The highest BCUT2D eigenvalue weighted by Gasteiger charge is 2.19. The predicted molar refractivity (Wildman–Crippen MR) is 81.8 cm³/mol. The van der Waals surface area contributed by atoms with Gasteiger partial charge in [-0.2, -0.15) is 0 Å². The third-order valence-electron chi connectivity index (χ3n) is 2.35. The molecular weight excluding hydrogens is 350 g/mol. The Morgan fingerprint density at radius 3 is 2.84 bits per heavy atom. The zero-order valence-electron chi connectivity index (χ0n) is 10.1. The van der Waals surface area contributed by atoms with Crippen LogP contribution in [0.5, 0.6) is 0 Å². The van der Waals surface area contributed by atoms with Gasteiger partial charge in [-0.05, 0) is 35.0 Å². The quantitative estimate of drug-likeness (QED) is 0.862. The summed E-state index contributed by atoms with van der Waals surface area (Å²) >= 11 is 6.13. The van der Waals surface area contributed by atoms with Crippen molar-refractivity contribution in [3.8, 4) is 0 Å². The number of rotatable bonds is 3. The zero-order valence-corrected chi connectivity index (χ0v) is 13.3. The van der Waals surface area contributed by atoms with E-state index in [0.717, 1.165) is 16.1 Å². The molecule has 0 aromatic carbocycles. The van der Waals surface area contributed by atoms with Crippen LogP contribution in [0.4, 0.5) is 0 Å². The number of nitrogens with one attached hydrogen (secondary N) is 2. The Bertz CT molecular complexity index is 530. The second-order valence-corrected chi connectivity index (χ2v) is 7.37. The molecular formula is C11H12BrN3O2S2. The van der Waals surface area contributed by atoms with Gasteiger partial charge in [0.25, 0.3) is 5.91 Å². The molecule has 2 heterocycles. The molecule has 1 atom stereocenters. The van der Waals surface area contributed by atoms with Gasteiger partial charge in [0, 0.05) is 5.75 Å². The van der Waals surface area contributed by atoms with E-state index in [9.17, 15) is 9.59 Å². The third kappa shape index (κ3) is 4.05. The van der Waals surface area contributed by atoms with Crippen LogP contribution in [0.15, 0.2) is 20.9 Å². The average Bonchev–Trinajstić information content (AvgIpc) is 3.00. The van der Waals surface area contributed by atoms with E-state index in [1.807, 2.05) is 0 Å². The normalized spacial score (nSPS) is 15.8. The van der Waals surface area contributed by atoms with Crippen LogP contribution in [0.1, 0.15) is 16.6 Å². The summed E-state index contributed by atoms with van der Waals surface area (Å²) in [6.45, 7) is 2.38. The highest BCUT2D eigenvalue weighted by molar-refractivity contribution is 9.11. The van der Waals surface area contributed by atoms with Crippen molar-refractivity contribution in [1.82, 2.24) is 10.6 Å². The number of carbonyl (C=O) groups is 2. The summed E-state index contributed by atoms with van der Waals surface area (Å²) in [7, 11) is 0. The van der Waals surface area contributed by atoms with Crippen LogP contribution in [-0.4, -0.2) is 35.3 Å². The summed E-state index contributed by atoms with van der Waals surface area (Å²) < 4.78 is 0.881. The number of halogens is 1. The summed E-state index contributed by atoms with van der Waals surface area (Å²) in [6.07, 6.45) is 0. The molecule has 2 amide bonds. The minimum Gasteiger partial charge on any atom is -0.340 e. The number of amidine groups is 1. The second kappa shape index (κ2) is 6.53. The van der Waals surface area contributed by atoms with Crippen molar-refractivity contribution in [2.45, 2.75) is 13.0 Å². The maximum atomic E-state index is 11.9. The monoisotopic (exact) mass is 361 g/mol. The molecule has 0 bridgehead atoms. The molecule has 2 N–H and O–H groups in total. The number of nitrogens with zero attached hydrogens (tertiary/aromatic N) is 1. The maximum Gasteiger partial charge on any atom is 0.262 e. The summed E-state index contributed by atoms with van der Waals surface area (Å²) in [5.41, 5.74) is 0. The number of hydrogen-bond acceptors (Lipinski definition) is 5. The second-order valence-electron chi connectivity index (χ2n) is 3.82. The van der Waals surface area contributed by atoms with E-state index in [2.05, 4.69) is 31.6 Å². The number of aliphatic imine (C=N–C) groups is 1. The van der Waals surface area contributed by atoms with Crippen molar-refractivity contribution in [2.75, 3.05) is 12.3 Å². The number of carbonyl (C=O) groups excluding carboxylic acids is 2. The van der Waals surface area contributed by atoms with Crippen molar-refractivity contribution in [2.24, 2.45) is 4.99 Å². The van der Waals surface area contributed by atoms with Gasteiger partial charge in [-0.3, -0.25) is 14.6 Å². The van der Waals surface area contributed by atoms with E-state index in [1.165, 1.54) is 23.1 Å². The van der Waals surface area contributed by atoms with Crippen LogP contribution in [0.3, 0.4) is 0 Å². The molecule has 1 aromatic rings. The van der Waals surface area contributed by atoms with Crippen molar-refractivity contribution in [3.05, 3.63) is 20.8 Å². The maximum absolute atomic E-state index is 11.9. The van der Waals surface area contributed by atoms with Gasteiger partial charge in [0.05, 0.1) is 15.2 Å². The van der Waals surface area contributed by atoms with Crippen molar-refractivity contribution in [1.29, 1.82) is 0 Å². The number of hydrogen-bond donors (Lipinski definition) is 2. The van der Waals surface area contributed by atoms with E-state index in [-0.39, 0.29) is 11.8 Å². The van der Waals surface area contributed by atoms with Gasteiger partial charge in [0.2, 0.25) is 5.91 Å². The van der Waals surface area contributed by atoms with Crippen LogP contribution in [0, 0.1) is 0 Å². The number of thiophene rings is 1. The van der Waals surface area contributed by atoms with E-state index in [1.54, 1.807) is 19.1 Å². The molecule has 102 valence electrons. The average molecular weight is 362 g/mol. The van der Waals surface area contributed by atoms with Gasteiger partial charge >= 0.3 is 0 Å². The molecule has 8 heteroatoms. The predicted octanol–water partition coefficient (Wildman–Crippen LogP) is 1.85. The summed E-state index contributed by atoms with van der Waals surface area (Å²) in [4.78, 5) is 28.4. The number of thioether (sulfide) groups is 1. The molecule has 0 fully saturated rings. The first kappa shape index (κ1) is 14.5. The lowest BCUT2D eigenvalue weighted by atomic mass is 10.3. The lowest BCUT2D eigenvalue weighted by molar-refractivity contribution is -0.121. The third-order valence-corrected chi connectivity index (χ3v) is 4.87. The molecule has 5 nitrogen and oxygen atoms in total. The van der Waals surface area contributed by atoms with Gasteiger partial charge in [-0.1, -0.05) is 11.8 Å². The van der Waals surface area contributed by atoms with E-state index in [0.29, 0.717) is 10.0 Å². The highest BCUT2D eigenvalue weighted by atomic mass is 79.9. The Hall–Kier alpha value is -0.860. The highest BCUT2D eigenvalue weighted by Crippen LogP contribution is 2.21. The summed E-state index contributed by atoms with van der Waals surface area (Å²) in [5.74, 6) is 0.385. The minimum atomic E-state index is -0.600. The Balaban J connectivity index is 1.87. The van der Waals surface area contributed by atoms with Gasteiger partial charge in [0.15, 0.2) is 5.17 Å². The molecule has 0 spiro atoms. The van der Waals surface area contributed by atoms with Gasteiger partial charge in [-0.15, -0.1) is 11.3 Å². The van der Waals surface area contributed by atoms with Gasteiger partial charge in [-0.25, -0.2) is 0 Å². The van der Waals surface area contributed by atoms with E-state index >= 15 is 0 Å². The first-order chi connectivity index (χ1) is 9.06. The largest absolute Gasteiger partial charge is 0.340 e. The topological polar surface area (TPSA) is 70.6 Å². The van der Waals surface area contributed by atoms with Crippen molar-refractivity contribution in [3.63, 3.8) is 0 Å². The molecule has 1 aliphatic heterocycles. The smallest absolute Gasteiger partial charge is 0.262 e. The molecule has 1 unspecified atom stereocenters. The molecule has 0 radical (unpaired) electrons. The molecule has 1 aliphatic rings. The van der Waals surface area contributed by atoms with Crippen molar-refractivity contribution >= 4 is 56.0 Å². The first-order valence-corrected chi connectivity index (χ1v) is 8.20. The summed E-state index contributed by atoms with van der Waals surface area (Å²) in [6, 6.07) is 2.91. The van der Waals surface area contributed by atoms with E-state index in [4.69, 9.17) is 0 Å². The fraction of sp³-hybridized carbons (Fsp3) is 0.364. The van der Waals surface area contributed by atoms with Gasteiger partial charge < -0.3 is 10.6 Å². The zero-order chi connectivity index (χ0) is 13.8. The number of amides is 2. The van der Waals surface area contributed by atoms with Crippen LogP contribution < -0.4 is 10.6 Å². The minimum absolute atomic E-state index is 0.251. The van der Waals surface area contributed by atoms with Crippen molar-refractivity contribution < 1.29 is 9.59 Å². The Labute approximate surface area is 127 Å². The fourth-order valence-electron chi connectivity index (χ4n) is 1.39. The van der Waals surface area contributed by atoms with Crippen LogP contribution in [0.2, 0.25) is 0 Å². The fourth-order valence-corrected chi connectivity index (χ4v) is 3.41. The molecule has 19 heavy (non-hydrogen) atoms. The van der Waals surface area contributed by atoms with Gasteiger partial charge in [0.1, 0.15) is 6.04 Å². The SMILES string of the molecule is CC(NC(=O)c1ccc(Br)s1)C(=O)NC1=NCCS1. The van der Waals surface area contributed by atoms with Crippen LogP contribution in [0.25, 0.3) is 0 Å². The van der Waals surface area contributed by atoms with Crippen LogP contribution >= 0.6 is 39.0 Å². The first-order valence-electron chi connectivity index (χ1n) is 5.60. The van der Waals surface area contributed by atoms with E-state index < -0.39 is 6.04 Å². The lowest BCUT2D eigenvalue weighted by Crippen LogP contribution is -2.45. The lowest BCUT2D eigenvalue weighted by Gasteiger charge is -2.13.